The minimum atomic E-state index is -2.48. The van der Waals surface area contributed by atoms with Crippen LogP contribution in [0, 0.1) is 0 Å². The van der Waals surface area contributed by atoms with Crippen LogP contribution in [0.25, 0.3) is 0 Å². The Morgan fingerprint density at radius 3 is 1.61 bits per heavy atom. The molecule has 1 fully saturated rings. The number of amides is 2. The van der Waals surface area contributed by atoms with Gasteiger partial charge in [-0.15, -0.1) is 0 Å². The first-order valence-corrected chi connectivity index (χ1v) is 14.2. The van der Waals surface area contributed by atoms with Crippen molar-refractivity contribution in [1.82, 2.24) is 4.90 Å². The van der Waals surface area contributed by atoms with E-state index in [4.69, 9.17) is 16.3 Å². The van der Waals surface area contributed by atoms with Crippen molar-refractivity contribution < 1.29 is 14.3 Å². The number of rotatable bonds is 7. The van der Waals surface area contributed by atoms with Gasteiger partial charge in [0.15, 0.2) is 11.2 Å². The van der Waals surface area contributed by atoms with Gasteiger partial charge < -0.3 is 4.74 Å². The van der Waals surface area contributed by atoms with E-state index >= 15 is 0 Å². The van der Waals surface area contributed by atoms with E-state index in [0.29, 0.717) is 6.42 Å². The lowest BCUT2D eigenvalue weighted by molar-refractivity contribution is -0.127. The summed E-state index contributed by atoms with van der Waals surface area (Å²) in [6, 6.07) is 39.9. The maximum absolute atomic E-state index is 14.2. The van der Waals surface area contributed by atoms with Crippen molar-refractivity contribution in [3.8, 4) is 0 Å². The van der Waals surface area contributed by atoms with E-state index in [1.165, 1.54) is 0 Å². The summed E-state index contributed by atoms with van der Waals surface area (Å²) in [6.07, 6.45) is -0.276. The molecule has 1 atom stereocenters. The van der Waals surface area contributed by atoms with Crippen molar-refractivity contribution in [3.63, 3.8) is 0 Å². The second-order valence-corrected chi connectivity index (χ2v) is 13.0. The van der Waals surface area contributed by atoms with Gasteiger partial charge in [0, 0.05) is 6.42 Å². The Bertz CT molecular complexity index is 1240. The highest BCUT2D eigenvalue weighted by Gasteiger charge is 2.55. The molecule has 0 spiro atoms. The average Bonchev–Trinajstić information content (AvgIpc) is 3.22. The van der Waals surface area contributed by atoms with E-state index in [0.717, 1.165) is 26.4 Å². The highest BCUT2D eigenvalue weighted by Crippen LogP contribution is 2.55. The van der Waals surface area contributed by atoms with E-state index in [1.807, 2.05) is 84.9 Å². The number of carbonyl (C=O) groups excluding carboxylic acids is 2. The lowest BCUT2D eigenvalue weighted by Crippen LogP contribution is -2.51. The molecule has 36 heavy (non-hydrogen) atoms. The predicted molar refractivity (Wildman–Crippen MR) is 147 cm³/mol. The Morgan fingerprint density at radius 1 is 0.750 bits per heavy atom. The number of hydrogen-bond donors (Lipinski definition) is 0. The topological polar surface area (TPSA) is 46.6 Å². The third-order valence-electron chi connectivity index (χ3n) is 6.53. The molecule has 0 bridgehead atoms. The molecule has 180 valence electrons. The van der Waals surface area contributed by atoms with Gasteiger partial charge in [-0.05, 0) is 42.0 Å². The van der Waals surface area contributed by atoms with Crippen LogP contribution >= 0.6 is 18.9 Å². The highest BCUT2D eigenvalue weighted by atomic mass is 35.5. The fourth-order valence-electron chi connectivity index (χ4n) is 4.87. The minimum Gasteiger partial charge on any atom is -0.445 e. The summed E-state index contributed by atoms with van der Waals surface area (Å²) in [5.74, 6) is -0.340. The molecular weight excluding hydrogens is 489 g/mol. The molecule has 4 aromatic carbocycles. The molecule has 0 unspecified atom stereocenters. The summed E-state index contributed by atoms with van der Waals surface area (Å²) in [5, 5.41) is 3.18. The Hall–Kier alpha value is -3.46. The van der Waals surface area contributed by atoms with Gasteiger partial charge in [-0.2, -0.15) is 0 Å². The minimum absolute atomic E-state index is 0.0541. The van der Waals surface area contributed by atoms with Gasteiger partial charge in [-0.25, -0.2) is 9.69 Å². The summed E-state index contributed by atoms with van der Waals surface area (Å²) in [4.78, 5) is 27.0. The van der Waals surface area contributed by atoms with Crippen LogP contribution in [0.5, 0.6) is 0 Å². The number of benzene rings is 4. The van der Waals surface area contributed by atoms with E-state index in [-0.39, 0.29) is 18.7 Å². The molecule has 0 radical (unpaired) electrons. The summed E-state index contributed by atoms with van der Waals surface area (Å²) >= 11 is 7.00. The molecule has 1 saturated heterocycles. The average molecular weight is 515 g/mol. The zero-order valence-electron chi connectivity index (χ0n) is 19.7. The quantitative estimate of drug-likeness (QED) is 0.195. The van der Waals surface area contributed by atoms with E-state index in [1.54, 1.807) is 0 Å². The first-order valence-electron chi connectivity index (χ1n) is 11.8. The summed E-state index contributed by atoms with van der Waals surface area (Å²) < 4.78 is 5.35. The number of halogens is 1. The third-order valence-corrected chi connectivity index (χ3v) is 11.2. The lowest BCUT2D eigenvalue weighted by atomic mass is 10.1. The molecule has 1 aliphatic rings. The fraction of sp³-hybridized carbons (Fsp3) is 0.133. The van der Waals surface area contributed by atoms with Gasteiger partial charge in [-0.3, -0.25) is 4.79 Å². The summed E-state index contributed by atoms with van der Waals surface area (Å²) in [5.41, 5.74) is 0.929. The van der Waals surface area contributed by atoms with Crippen molar-refractivity contribution in [2.24, 2.45) is 0 Å². The standard InChI is InChI=1S/C30H26ClNO3P/c31-30(21-24-13-5-1-6-14-24)23-35-29(34)32(30)28(33)22-36(25-15-7-2-8-16-25,26-17-9-3-10-18-26)27-19-11-4-12-20-27/h1-20H,21-23H2/q+1/t30-/m1/s1. The molecule has 4 aromatic rings. The van der Waals surface area contributed by atoms with Crippen LogP contribution in [0.3, 0.4) is 0 Å². The van der Waals surface area contributed by atoms with Crippen molar-refractivity contribution in [2.75, 3.05) is 12.8 Å². The van der Waals surface area contributed by atoms with Crippen molar-refractivity contribution in [2.45, 2.75) is 11.4 Å². The number of carbonyl (C=O) groups is 2. The molecule has 0 saturated carbocycles. The van der Waals surface area contributed by atoms with Gasteiger partial charge in [0.1, 0.15) is 29.8 Å². The number of cyclic esters (lactones) is 1. The Labute approximate surface area is 216 Å². The van der Waals surface area contributed by atoms with Gasteiger partial charge in [0.25, 0.3) is 5.91 Å². The number of imide groups is 1. The van der Waals surface area contributed by atoms with Crippen LogP contribution < -0.4 is 15.9 Å². The first kappa shape index (κ1) is 24.2. The second kappa shape index (κ2) is 10.3. The van der Waals surface area contributed by atoms with Crippen LogP contribution in [-0.2, 0) is 16.0 Å². The van der Waals surface area contributed by atoms with Gasteiger partial charge in [0.2, 0.25) is 0 Å². The highest BCUT2D eigenvalue weighted by molar-refractivity contribution is 7.96. The summed E-state index contributed by atoms with van der Waals surface area (Å²) in [7, 11) is -2.48. The number of alkyl halides is 1. The van der Waals surface area contributed by atoms with Gasteiger partial charge in [0.05, 0.1) is 0 Å². The molecule has 1 aliphatic heterocycles. The summed E-state index contributed by atoms with van der Waals surface area (Å²) in [6.45, 7) is -0.0541. The zero-order chi connectivity index (χ0) is 25.0. The second-order valence-electron chi connectivity index (χ2n) is 8.84. The van der Waals surface area contributed by atoms with Crippen LogP contribution in [0.1, 0.15) is 5.56 Å². The van der Waals surface area contributed by atoms with Gasteiger partial charge >= 0.3 is 6.09 Å². The molecule has 4 nitrogen and oxygen atoms in total. The number of hydrogen-bond acceptors (Lipinski definition) is 3. The molecule has 1 heterocycles. The molecular formula is C30H26ClNO3P+. The SMILES string of the molecule is O=C(C[P+](c1ccccc1)(c1ccccc1)c1ccccc1)N1C(=O)OC[C@@]1(Cl)Cc1ccccc1. The molecule has 0 aliphatic carbocycles. The predicted octanol–water partition coefficient (Wildman–Crippen LogP) is 5.14. The smallest absolute Gasteiger partial charge is 0.418 e. The van der Waals surface area contributed by atoms with E-state index < -0.39 is 18.4 Å². The monoisotopic (exact) mass is 514 g/mol. The first-order chi connectivity index (χ1) is 17.5. The van der Waals surface area contributed by atoms with Crippen molar-refractivity contribution in [3.05, 3.63) is 127 Å². The van der Waals surface area contributed by atoms with Crippen LogP contribution in [0.15, 0.2) is 121 Å². The number of ether oxygens (including phenoxy) is 1. The zero-order valence-corrected chi connectivity index (χ0v) is 21.3. The van der Waals surface area contributed by atoms with Crippen molar-refractivity contribution >= 4 is 46.8 Å². The van der Waals surface area contributed by atoms with E-state index in [9.17, 15) is 9.59 Å². The maximum atomic E-state index is 14.2. The van der Waals surface area contributed by atoms with Gasteiger partial charge in [-0.1, -0.05) is 96.5 Å². The van der Waals surface area contributed by atoms with Crippen LogP contribution in [0.4, 0.5) is 4.79 Å². The molecule has 2 amide bonds. The van der Waals surface area contributed by atoms with Crippen LogP contribution in [0.2, 0.25) is 0 Å². The number of nitrogens with zero attached hydrogens (tertiary/aromatic N) is 1. The lowest BCUT2D eigenvalue weighted by Gasteiger charge is -2.32. The van der Waals surface area contributed by atoms with E-state index in [2.05, 4.69) is 36.4 Å². The Kier molecular flexibility index (Phi) is 6.91. The molecule has 5 rings (SSSR count). The van der Waals surface area contributed by atoms with Crippen LogP contribution in [-0.4, -0.2) is 34.7 Å². The van der Waals surface area contributed by atoms with Crippen molar-refractivity contribution in [1.29, 1.82) is 0 Å². The maximum Gasteiger partial charge on any atom is 0.418 e. The largest absolute Gasteiger partial charge is 0.445 e. The Balaban J connectivity index is 1.61. The Morgan fingerprint density at radius 2 is 1.17 bits per heavy atom. The fourth-order valence-corrected chi connectivity index (χ4v) is 9.28. The third kappa shape index (κ3) is 4.55. The molecule has 0 aromatic heterocycles. The normalized spacial score (nSPS) is 17.6. The molecule has 6 heteroatoms. The molecule has 0 N–H and O–H groups in total.